The highest BCUT2D eigenvalue weighted by atomic mass is 16.6. The van der Waals surface area contributed by atoms with Gasteiger partial charge in [-0.3, -0.25) is 10.1 Å². The molecule has 0 amide bonds. The number of benzene rings is 4. The normalized spacial score (nSPS) is 11.2. The fourth-order valence-electron chi connectivity index (χ4n) is 4.44. The van der Waals surface area contributed by atoms with Crippen molar-refractivity contribution in [2.75, 3.05) is 36.0 Å². The Kier molecular flexibility index (Phi) is 8.53. The average Bonchev–Trinajstić information content (AvgIpc) is 2.94. The van der Waals surface area contributed by atoms with Gasteiger partial charge >= 0.3 is 0 Å². The van der Waals surface area contributed by atoms with E-state index in [1.54, 1.807) is 12.1 Å². The highest BCUT2D eigenvalue weighted by Gasteiger charge is 2.13. The van der Waals surface area contributed by atoms with Crippen LogP contribution in [0.5, 0.6) is 11.5 Å². The molecule has 0 N–H and O–H groups in total. The van der Waals surface area contributed by atoms with E-state index >= 15 is 0 Å². The van der Waals surface area contributed by atoms with Crippen LogP contribution >= 0.6 is 0 Å². The second kappa shape index (κ2) is 12.2. The minimum absolute atomic E-state index is 0.0108. The van der Waals surface area contributed by atoms with Crippen LogP contribution in [-0.2, 0) is 0 Å². The molecule has 8 heteroatoms. The number of rotatable bonds is 11. The number of ether oxygens (including phenoxy) is 1. The van der Waals surface area contributed by atoms with Crippen LogP contribution in [0.25, 0.3) is 10.8 Å². The average molecular weight is 512 g/mol. The summed E-state index contributed by atoms with van der Waals surface area (Å²) in [7, 11) is 0. The molecule has 8 nitrogen and oxygen atoms in total. The Morgan fingerprint density at radius 3 is 2.00 bits per heavy atom. The third kappa shape index (κ3) is 5.91. The first kappa shape index (κ1) is 26.6. The lowest BCUT2D eigenvalue weighted by Gasteiger charge is -2.23. The third-order valence-corrected chi connectivity index (χ3v) is 6.58. The van der Waals surface area contributed by atoms with Crippen LogP contribution in [-0.4, -0.2) is 31.1 Å². The molecular formula is C30H33N5O3. The molecule has 0 fully saturated rings. The Hall–Kier alpha value is -4.46. The second-order valence-corrected chi connectivity index (χ2v) is 8.73. The molecule has 196 valence electrons. The molecule has 0 saturated carbocycles. The number of fused-ring (bicyclic) bond motifs is 1. The molecule has 0 unspecified atom stereocenters. The van der Waals surface area contributed by atoms with Crippen LogP contribution in [0, 0.1) is 10.1 Å². The van der Waals surface area contributed by atoms with Gasteiger partial charge in [0.25, 0.3) is 5.69 Å². The van der Waals surface area contributed by atoms with Gasteiger partial charge in [0, 0.05) is 61.1 Å². The van der Waals surface area contributed by atoms with E-state index < -0.39 is 4.92 Å². The molecule has 0 heterocycles. The van der Waals surface area contributed by atoms with Crippen molar-refractivity contribution in [3.63, 3.8) is 0 Å². The molecule has 4 rings (SSSR count). The first-order chi connectivity index (χ1) is 18.5. The quantitative estimate of drug-likeness (QED) is 0.114. The maximum absolute atomic E-state index is 11.0. The lowest BCUT2D eigenvalue weighted by molar-refractivity contribution is -0.384. The lowest BCUT2D eigenvalue weighted by Crippen LogP contribution is -2.21. The van der Waals surface area contributed by atoms with E-state index in [0.717, 1.165) is 48.4 Å². The molecule has 0 aliphatic carbocycles. The zero-order valence-electron chi connectivity index (χ0n) is 22.3. The van der Waals surface area contributed by atoms with Gasteiger partial charge in [-0.05, 0) is 81.6 Å². The van der Waals surface area contributed by atoms with Crippen molar-refractivity contribution < 1.29 is 9.66 Å². The molecule has 0 radical (unpaired) electrons. The second-order valence-electron chi connectivity index (χ2n) is 8.73. The summed E-state index contributed by atoms with van der Waals surface area (Å²) in [6, 6.07) is 24.3. The van der Waals surface area contributed by atoms with Crippen LogP contribution < -0.4 is 14.5 Å². The lowest BCUT2D eigenvalue weighted by atomic mass is 10.1. The molecule has 0 bridgehead atoms. The third-order valence-electron chi connectivity index (χ3n) is 6.58. The predicted octanol–water partition coefficient (Wildman–Crippen LogP) is 8.65. The Labute approximate surface area is 223 Å². The summed E-state index contributed by atoms with van der Waals surface area (Å²) in [5.74, 6) is 1.32. The number of hydrogen-bond acceptors (Lipinski definition) is 7. The van der Waals surface area contributed by atoms with E-state index in [2.05, 4.69) is 72.0 Å². The van der Waals surface area contributed by atoms with Gasteiger partial charge in [0.05, 0.1) is 10.6 Å². The number of azo groups is 1. The molecule has 0 atom stereocenters. The van der Waals surface area contributed by atoms with Crippen molar-refractivity contribution in [2.24, 2.45) is 10.2 Å². The van der Waals surface area contributed by atoms with Crippen LogP contribution in [0.1, 0.15) is 27.7 Å². The highest BCUT2D eigenvalue weighted by molar-refractivity contribution is 5.91. The molecule has 0 aromatic heterocycles. The summed E-state index contributed by atoms with van der Waals surface area (Å²) in [5, 5.41) is 21.8. The number of anilines is 2. The van der Waals surface area contributed by atoms with Gasteiger partial charge in [0.15, 0.2) is 5.75 Å². The van der Waals surface area contributed by atoms with Crippen molar-refractivity contribution in [1.82, 2.24) is 0 Å². The van der Waals surface area contributed by atoms with Crippen LogP contribution in [0.2, 0.25) is 0 Å². The van der Waals surface area contributed by atoms with Gasteiger partial charge in [-0.2, -0.15) is 5.11 Å². The summed E-state index contributed by atoms with van der Waals surface area (Å²) >= 11 is 0. The minimum Gasteiger partial charge on any atom is -0.454 e. The number of hydrogen-bond donors (Lipinski definition) is 0. The van der Waals surface area contributed by atoms with Crippen molar-refractivity contribution in [3.05, 3.63) is 89.0 Å². The summed E-state index contributed by atoms with van der Waals surface area (Å²) in [6.45, 7) is 12.2. The van der Waals surface area contributed by atoms with E-state index in [0.29, 0.717) is 17.1 Å². The molecule has 4 aromatic rings. The number of nitro benzene ring substituents is 1. The van der Waals surface area contributed by atoms with E-state index in [1.807, 2.05) is 30.3 Å². The molecular weight excluding hydrogens is 478 g/mol. The first-order valence-electron chi connectivity index (χ1n) is 13.0. The molecule has 0 spiro atoms. The van der Waals surface area contributed by atoms with Crippen molar-refractivity contribution in [3.8, 4) is 11.5 Å². The fourth-order valence-corrected chi connectivity index (χ4v) is 4.44. The van der Waals surface area contributed by atoms with E-state index in [4.69, 9.17) is 4.74 Å². The van der Waals surface area contributed by atoms with Gasteiger partial charge < -0.3 is 14.5 Å². The Balaban J connectivity index is 1.72. The monoisotopic (exact) mass is 511 g/mol. The SMILES string of the molecule is CCN(CC)c1ccc(N=Nc2ccc([N+](=O)[O-])cc2)c(Oc2cccc3cc(N(CC)CC)ccc23)c1. The smallest absolute Gasteiger partial charge is 0.269 e. The van der Waals surface area contributed by atoms with Crippen LogP contribution in [0.3, 0.4) is 0 Å². The summed E-state index contributed by atoms with van der Waals surface area (Å²) in [4.78, 5) is 15.1. The maximum atomic E-state index is 11.0. The van der Waals surface area contributed by atoms with Gasteiger partial charge in [0.2, 0.25) is 0 Å². The fraction of sp³-hybridized carbons (Fsp3) is 0.267. The standard InChI is InChI=1S/C30H33N5O3/c1-5-33(6-2)25-16-18-27-22(20-25)10-9-11-29(27)38-30-21-26(34(7-3)8-4)17-19-28(30)32-31-23-12-14-24(15-13-23)35(36)37/h9-21H,5-8H2,1-4H3. The Bertz CT molecular complexity index is 1430. The van der Waals surface area contributed by atoms with E-state index in [-0.39, 0.29) is 5.69 Å². The Morgan fingerprint density at radius 1 is 0.737 bits per heavy atom. The van der Waals surface area contributed by atoms with Crippen molar-refractivity contribution in [1.29, 1.82) is 0 Å². The molecule has 38 heavy (non-hydrogen) atoms. The molecule has 0 saturated heterocycles. The van der Waals surface area contributed by atoms with Gasteiger partial charge in [-0.1, -0.05) is 12.1 Å². The maximum Gasteiger partial charge on any atom is 0.269 e. The van der Waals surface area contributed by atoms with Crippen LogP contribution in [0.4, 0.5) is 28.4 Å². The summed E-state index contributed by atoms with van der Waals surface area (Å²) in [5.41, 5.74) is 3.31. The van der Waals surface area contributed by atoms with Gasteiger partial charge in [-0.25, -0.2) is 0 Å². The molecule has 0 aliphatic heterocycles. The largest absolute Gasteiger partial charge is 0.454 e. The van der Waals surface area contributed by atoms with E-state index in [9.17, 15) is 10.1 Å². The molecule has 4 aromatic carbocycles. The number of nitro groups is 1. The van der Waals surface area contributed by atoms with Gasteiger partial charge in [0.1, 0.15) is 11.4 Å². The topological polar surface area (TPSA) is 83.6 Å². The highest BCUT2D eigenvalue weighted by Crippen LogP contribution is 2.39. The van der Waals surface area contributed by atoms with Gasteiger partial charge in [-0.15, -0.1) is 5.11 Å². The van der Waals surface area contributed by atoms with Crippen LogP contribution in [0.15, 0.2) is 89.1 Å². The number of non-ortho nitro benzene ring substituents is 1. The summed E-state index contributed by atoms with van der Waals surface area (Å²) in [6.07, 6.45) is 0. The van der Waals surface area contributed by atoms with Crippen molar-refractivity contribution in [2.45, 2.75) is 27.7 Å². The predicted molar refractivity (Wildman–Crippen MR) is 155 cm³/mol. The minimum atomic E-state index is -0.437. The Morgan fingerprint density at radius 2 is 1.37 bits per heavy atom. The van der Waals surface area contributed by atoms with Crippen molar-refractivity contribution >= 4 is 39.2 Å². The molecule has 0 aliphatic rings. The van der Waals surface area contributed by atoms with E-state index in [1.165, 1.54) is 17.8 Å². The number of nitrogens with zero attached hydrogens (tertiary/aromatic N) is 5. The zero-order chi connectivity index (χ0) is 27.1. The first-order valence-corrected chi connectivity index (χ1v) is 13.0. The summed E-state index contributed by atoms with van der Waals surface area (Å²) < 4.78 is 6.51. The zero-order valence-corrected chi connectivity index (χ0v) is 22.3.